The minimum absolute atomic E-state index is 0.780. The van der Waals surface area contributed by atoms with E-state index in [1.54, 1.807) is 0 Å². The zero-order chi connectivity index (χ0) is 4.99. The molecule has 2 N–H and O–H groups in total. The maximum Gasteiger partial charge on any atom is 0.0538 e. The Labute approximate surface area is 39.7 Å². The van der Waals surface area contributed by atoms with Crippen molar-refractivity contribution >= 4 is 0 Å². The maximum atomic E-state index is 3.60. The van der Waals surface area contributed by atoms with Gasteiger partial charge < -0.3 is 5.32 Å². The first-order valence-electron chi connectivity index (χ1n) is 2.38. The zero-order valence-electron chi connectivity index (χ0n) is 4.57. The SMILES string of the molecule is [CH2-][NH2+]CC(C)C. The molecule has 0 bridgehead atoms. The molecule has 0 aromatic heterocycles. The predicted molar refractivity (Wildman–Crippen MR) is 27.0 cm³/mol. The molecule has 0 saturated carbocycles. The maximum absolute atomic E-state index is 3.60. The molecule has 1 heteroatoms. The van der Waals surface area contributed by atoms with Gasteiger partial charge in [-0.15, -0.1) is 0 Å². The molecule has 0 aromatic carbocycles. The molecule has 0 aliphatic rings. The second-order valence-corrected chi connectivity index (χ2v) is 1.92. The van der Waals surface area contributed by atoms with Crippen LogP contribution in [0.2, 0.25) is 0 Å². The van der Waals surface area contributed by atoms with Crippen LogP contribution in [0.5, 0.6) is 0 Å². The van der Waals surface area contributed by atoms with E-state index in [0.717, 1.165) is 12.5 Å². The first-order valence-corrected chi connectivity index (χ1v) is 2.38. The molecule has 0 saturated heterocycles. The van der Waals surface area contributed by atoms with Gasteiger partial charge >= 0.3 is 0 Å². The average molecular weight is 87.2 g/mol. The van der Waals surface area contributed by atoms with E-state index >= 15 is 0 Å². The van der Waals surface area contributed by atoms with E-state index in [9.17, 15) is 0 Å². The van der Waals surface area contributed by atoms with Gasteiger partial charge in [-0.2, -0.15) is 7.05 Å². The lowest BCUT2D eigenvalue weighted by Gasteiger charge is -2.00. The molecule has 0 spiro atoms. The summed E-state index contributed by atoms with van der Waals surface area (Å²) in [6.45, 7) is 5.50. The standard InChI is InChI=1S/C5H13N/c1-5(2)4-6-3/h5H,3-4,6H2,1-2H3. The lowest BCUT2D eigenvalue weighted by atomic mass is 10.2. The Bertz CT molecular complexity index is 25.1. The van der Waals surface area contributed by atoms with Crippen LogP contribution in [0.3, 0.4) is 0 Å². The molecule has 0 radical (unpaired) electrons. The van der Waals surface area contributed by atoms with Gasteiger partial charge in [-0.3, -0.25) is 0 Å². The van der Waals surface area contributed by atoms with Crippen LogP contribution in [0.15, 0.2) is 0 Å². The van der Waals surface area contributed by atoms with E-state index in [0.29, 0.717) is 0 Å². The average Bonchev–Trinajstić information content (AvgIpc) is 1.35. The Hall–Kier alpha value is -0.0400. The highest BCUT2D eigenvalue weighted by molar-refractivity contribution is 4.32. The number of hydrogen-bond acceptors (Lipinski definition) is 0. The summed E-state index contributed by atoms with van der Waals surface area (Å²) in [4.78, 5) is 0. The third-order valence-corrected chi connectivity index (χ3v) is 0.638. The van der Waals surface area contributed by atoms with Crippen LogP contribution in [0.1, 0.15) is 13.8 Å². The molecule has 0 atom stereocenters. The van der Waals surface area contributed by atoms with Crippen LogP contribution in [0.25, 0.3) is 0 Å². The minimum atomic E-state index is 0.780. The number of quaternary nitrogens is 1. The zero-order valence-corrected chi connectivity index (χ0v) is 4.57. The first kappa shape index (κ1) is 5.96. The second kappa shape index (κ2) is 3.16. The van der Waals surface area contributed by atoms with Crippen molar-refractivity contribution < 1.29 is 5.32 Å². The summed E-state index contributed by atoms with van der Waals surface area (Å²) in [5, 5.41) is 1.95. The minimum Gasteiger partial charge on any atom is -0.479 e. The van der Waals surface area contributed by atoms with Gasteiger partial charge in [0.25, 0.3) is 0 Å². The summed E-state index contributed by atoms with van der Waals surface area (Å²) in [6, 6.07) is 0. The lowest BCUT2D eigenvalue weighted by molar-refractivity contribution is -0.601. The van der Waals surface area contributed by atoms with Gasteiger partial charge in [-0.05, 0) is 0 Å². The Kier molecular flexibility index (Phi) is 3.14. The van der Waals surface area contributed by atoms with Crippen LogP contribution in [0, 0.1) is 13.0 Å². The molecular weight excluding hydrogens is 74.1 g/mol. The van der Waals surface area contributed by atoms with Gasteiger partial charge in [0, 0.05) is 5.92 Å². The third kappa shape index (κ3) is 3.96. The number of nitrogens with two attached hydrogens (primary N) is 1. The van der Waals surface area contributed by atoms with Crippen LogP contribution in [-0.4, -0.2) is 6.54 Å². The Morgan fingerprint density at radius 1 is 1.67 bits per heavy atom. The van der Waals surface area contributed by atoms with E-state index < -0.39 is 0 Å². The Morgan fingerprint density at radius 2 is 2.17 bits per heavy atom. The summed E-state index contributed by atoms with van der Waals surface area (Å²) >= 11 is 0. The third-order valence-electron chi connectivity index (χ3n) is 0.638. The summed E-state index contributed by atoms with van der Waals surface area (Å²) in [7, 11) is 3.60. The second-order valence-electron chi connectivity index (χ2n) is 1.92. The highest BCUT2D eigenvalue weighted by atomic mass is 14.8. The van der Waals surface area contributed by atoms with Crippen molar-refractivity contribution in [2.75, 3.05) is 6.54 Å². The van der Waals surface area contributed by atoms with E-state index in [4.69, 9.17) is 0 Å². The van der Waals surface area contributed by atoms with Gasteiger partial charge in [-0.1, -0.05) is 13.8 Å². The van der Waals surface area contributed by atoms with Gasteiger partial charge in [0.15, 0.2) is 0 Å². The summed E-state index contributed by atoms with van der Waals surface area (Å²) in [6.07, 6.45) is 0. The molecule has 0 fully saturated rings. The lowest BCUT2D eigenvalue weighted by Crippen LogP contribution is -2.78. The molecule has 0 unspecified atom stereocenters. The summed E-state index contributed by atoms with van der Waals surface area (Å²) in [5.41, 5.74) is 0. The van der Waals surface area contributed by atoms with Crippen molar-refractivity contribution in [3.05, 3.63) is 7.05 Å². The Morgan fingerprint density at radius 3 is 2.17 bits per heavy atom. The van der Waals surface area contributed by atoms with Crippen molar-refractivity contribution in [2.45, 2.75) is 13.8 Å². The molecule has 0 amide bonds. The highest BCUT2D eigenvalue weighted by Gasteiger charge is 1.85. The fourth-order valence-electron chi connectivity index (χ4n) is 0.333. The van der Waals surface area contributed by atoms with E-state index in [1.807, 2.05) is 5.32 Å². The molecule has 38 valence electrons. The van der Waals surface area contributed by atoms with Crippen LogP contribution >= 0.6 is 0 Å². The van der Waals surface area contributed by atoms with Crippen molar-refractivity contribution in [1.82, 2.24) is 0 Å². The topological polar surface area (TPSA) is 16.6 Å². The van der Waals surface area contributed by atoms with Crippen LogP contribution < -0.4 is 5.32 Å². The van der Waals surface area contributed by atoms with Gasteiger partial charge in [-0.25, -0.2) is 0 Å². The first-order chi connectivity index (χ1) is 2.77. The van der Waals surface area contributed by atoms with Crippen LogP contribution in [0.4, 0.5) is 0 Å². The molecule has 0 aromatic rings. The molecule has 6 heavy (non-hydrogen) atoms. The van der Waals surface area contributed by atoms with Crippen molar-refractivity contribution in [1.29, 1.82) is 0 Å². The summed E-state index contributed by atoms with van der Waals surface area (Å²) in [5.74, 6) is 0.780. The van der Waals surface area contributed by atoms with Crippen molar-refractivity contribution in [3.63, 3.8) is 0 Å². The Balaban J connectivity index is 2.63. The fraction of sp³-hybridized carbons (Fsp3) is 0.800. The van der Waals surface area contributed by atoms with Gasteiger partial charge in [0.1, 0.15) is 0 Å². The largest absolute Gasteiger partial charge is 0.479 e. The fourth-order valence-corrected chi connectivity index (χ4v) is 0.333. The van der Waals surface area contributed by atoms with Crippen molar-refractivity contribution in [2.24, 2.45) is 5.92 Å². The predicted octanol–water partition coefficient (Wildman–Crippen LogP) is -0.00261. The van der Waals surface area contributed by atoms with E-state index in [1.165, 1.54) is 0 Å². The molecular formula is C5H13N. The van der Waals surface area contributed by atoms with E-state index in [2.05, 4.69) is 20.9 Å². The normalized spacial score (nSPS) is 10.0. The monoisotopic (exact) mass is 87.1 g/mol. The number of hydrogen-bond donors (Lipinski definition) is 1. The van der Waals surface area contributed by atoms with Crippen LogP contribution in [-0.2, 0) is 0 Å². The quantitative estimate of drug-likeness (QED) is 0.456. The van der Waals surface area contributed by atoms with Gasteiger partial charge in [0.2, 0.25) is 0 Å². The van der Waals surface area contributed by atoms with Crippen molar-refractivity contribution in [3.8, 4) is 0 Å². The molecule has 0 aliphatic heterocycles. The molecule has 1 nitrogen and oxygen atoms in total. The van der Waals surface area contributed by atoms with Gasteiger partial charge in [0.05, 0.1) is 6.54 Å². The molecule has 0 heterocycles. The number of rotatable bonds is 2. The molecule has 0 rings (SSSR count). The van der Waals surface area contributed by atoms with E-state index in [-0.39, 0.29) is 0 Å². The highest BCUT2D eigenvalue weighted by Crippen LogP contribution is 1.80. The smallest absolute Gasteiger partial charge is 0.0538 e. The molecule has 0 aliphatic carbocycles. The summed E-state index contributed by atoms with van der Waals surface area (Å²) < 4.78 is 0.